The van der Waals surface area contributed by atoms with Gasteiger partial charge in [-0.25, -0.2) is 9.86 Å². The molecular weight excluding hydrogens is 386 g/mol. The number of carbonyl (C=O) groups is 1. The molecule has 0 fully saturated rings. The van der Waals surface area contributed by atoms with Crippen LogP contribution in [0.1, 0.15) is 95.3 Å². The van der Waals surface area contributed by atoms with Crippen LogP contribution in [0.3, 0.4) is 0 Å². The molecule has 29 heavy (non-hydrogen) atoms. The summed E-state index contributed by atoms with van der Waals surface area (Å²) in [5.41, 5.74) is 3.77. The highest BCUT2D eigenvalue weighted by molar-refractivity contribution is 7.87. The summed E-state index contributed by atoms with van der Waals surface area (Å²) in [4.78, 5) is 12.1. The van der Waals surface area contributed by atoms with Crippen LogP contribution in [0.25, 0.3) is 10.9 Å². The van der Waals surface area contributed by atoms with Gasteiger partial charge in [0.2, 0.25) is 0 Å². The number of aromatic nitrogens is 1. The van der Waals surface area contributed by atoms with E-state index in [0.717, 1.165) is 36.7 Å². The molecule has 0 saturated heterocycles. The SMILES string of the molecule is CC.CC.CCCC(CC)c1c(C)n(CC)c2cc(C(=O)NS(N)(=O)=O)ccc12. The van der Waals surface area contributed by atoms with Crippen LogP contribution >= 0.6 is 0 Å². The number of nitrogens with two attached hydrogens (primary N) is 1. The van der Waals surface area contributed by atoms with Crippen LogP contribution in [-0.2, 0) is 16.8 Å². The molecule has 1 aromatic heterocycles. The lowest BCUT2D eigenvalue weighted by Gasteiger charge is -2.15. The van der Waals surface area contributed by atoms with Gasteiger partial charge in [-0.3, -0.25) is 4.79 Å². The van der Waals surface area contributed by atoms with Crippen molar-refractivity contribution in [1.29, 1.82) is 0 Å². The van der Waals surface area contributed by atoms with Crippen molar-refractivity contribution in [1.82, 2.24) is 9.29 Å². The predicted molar refractivity (Wildman–Crippen MR) is 124 cm³/mol. The molecule has 0 aliphatic heterocycles. The number of carbonyl (C=O) groups excluding carboxylic acids is 1. The summed E-state index contributed by atoms with van der Waals surface area (Å²) in [6, 6.07) is 5.32. The molecule has 0 aliphatic carbocycles. The monoisotopic (exact) mass is 425 g/mol. The zero-order valence-corrected chi connectivity index (χ0v) is 20.1. The number of amides is 1. The predicted octanol–water partition coefficient (Wildman–Crippen LogP) is 5.25. The normalized spacial score (nSPS) is 11.8. The summed E-state index contributed by atoms with van der Waals surface area (Å²) < 4.78 is 26.2. The van der Waals surface area contributed by atoms with E-state index in [4.69, 9.17) is 5.14 Å². The fraction of sp³-hybridized carbons (Fsp3) is 0.591. The molecule has 0 spiro atoms. The number of hydrogen-bond acceptors (Lipinski definition) is 3. The second-order valence-corrected chi connectivity index (χ2v) is 7.64. The number of benzene rings is 1. The molecule has 1 atom stereocenters. The Bertz CT molecular complexity index is 886. The van der Waals surface area contributed by atoms with Gasteiger partial charge in [-0.1, -0.05) is 54.0 Å². The zero-order chi connectivity index (χ0) is 22.8. The van der Waals surface area contributed by atoms with Crippen LogP contribution in [-0.4, -0.2) is 18.9 Å². The second-order valence-electron chi connectivity index (χ2n) is 6.35. The molecule has 2 aromatic rings. The fourth-order valence-electron chi connectivity index (χ4n) is 3.66. The van der Waals surface area contributed by atoms with Crippen molar-refractivity contribution in [2.24, 2.45) is 5.14 Å². The van der Waals surface area contributed by atoms with E-state index in [1.165, 1.54) is 11.3 Å². The molecule has 6 nitrogen and oxygen atoms in total. The summed E-state index contributed by atoms with van der Waals surface area (Å²) in [5, 5.41) is 6.03. The Hall–Kier alpha value is -1.86. The summed E-state index contributed by atoms with van der Waals surface area (Å²) >= 11 is 0. The average Bonchev–Trinajstić information content (AvgIpc) is 2.98. The van der Waals surface area contributed by atoms with Crippen molar-refractivity contribution in [2.75, 3.05) is 0 Å². The molecule has 1 heterocycles. The van der Waals surface area contributed by atoms with Gasteiger partial charge in [0.15, 0.2) is 0 Å². The van der Waals surface area contributed by atoms with Crippen LogP contribution < -0.4 is 9.86 Å². The summed E-state index contributed by atoms with van der Waals surface area (Å²) in [7, 11) is -4.07. The molecule has 0 radical (unpaired) electrons. The Morgan fingerprint density at radius 2 is 1.72 bits per heavy atom. The van der Waals surface area contributed by atoms with E-state index < -0.39 is 16.1 Å². The van der Waals surface area contributed by atoms with Gasteiger partial charge in [0.25, 0.3) is 16.1 Å². The Labute approximate surface area is 177 Å². The van der Waals surface area contributed by atoms with Crippen molar-refractivity contribution in [3.05, 3.63) is 35.0 Å². The van der Waals surface area contributed by atoms with Gasteiger partial charge in [-0.2, -0.15) is 8.42 Å². The highest BCUT2D eigenvalue weighted by atomic mass is 32.2. The molecule has 1 aromatic carbocycles. The highest BCUT2D eigenvalue weighted by Gasteiger charge is 2.21. The number of rotatable bonds is 7. The summed E-state index contributed by atoms with van der Waals surface area (Å²) in [6.45, 7) is 17.3. The number of nitrogens with zero attached hydrogens (tertiary/aromatic N) is 1. The van der Waals surface area contributed by atoms with Crippen LogP contribution in [0.5, 0.6) is 0 Å². The molecule has 1 amide bonds. The lowest BCUT2D eigenvalue weighted by molar-refractivity contribution is 0.0981. The molecule has 0 bridgehead atoms. The Balaban J connectivity index is 0.00000184. The fourth-order valence-corrected chi connectivity index (χ4v) is 4.03. The molecule has 7 heteroatoms. The maximum atomic E-state index is 12.1. The first-order valence-electron chi connectivity index (χ1n) is 10.7. The Morgan fingerprint density at radius 3 is 2.17 bits per heavy atom. The quantitative estimate of drug-likeness (QED) is 0.634. The van der Waals surface area contributed by atoms with Gasteiger partial charge in [-0.15, -0.1) is 0 Å². The maximum Gasteiger partial charge on any atom is 0.298 e. The van der Waals surface area contributed by atoms with E-state index in [1.54, 1.807) is 12.1 Å². The number of aryl methyl sites for hydroxylation is 1. The van der Waals surface area contributed by atoms with E-state index in [9.17, 15) is 13.2 Å². The van der Waals surface area contributed by atoms with Crippen molar-refractivity contribution >= 4 is 27.0 Å². The number of fused-ring (bicyclic) bond motifs is 1. The minimum Gasteiger partial charge on any atom is -0.345 e. The third-order valence-corrected chi connectivity index (χ3v) is 5.19. The van der Waals surface area contributed by atoms with Crippen LogP contribution in [0.4, 0.5) is 0 Å². The molecule has 1 unspecified atom stereocenters. The van der Waals surface area contributed by atoms with Gasteiger partial charge in [0, 0.05) is 28.7 Å². The smallest absolute Gasteiger partial charge is 0.298 e. The van der Waals surface area contributed by atoms with Crippen molar-refractivity contribution in [3.8, 4) is 0 Å². The van der Waals surface area contributed by atoms with E-state index in [0.29, 0.717) is 5.92 Å². The summed E-state index contributed by atoms with van der Waals surface area (Å²) in [5.74, 6) is -0.238. The van der Waals surface area contributed by atoms with Crippen LogP contribution in [0.15, 0.2) is 18.2 Å². The minimum absolute atomic E-state index is 0.281. The van der Waals surface area contributed by atoms with Crippen molar-refractivity contribution < 1.29 is 13.2 Å². The Morgan fingerprint density at radius 1 is 1.14 bits per heavy atom. The topological polar surface area (TPSA) is 94.2 Å². The van der Waals surface area contributed by atoms with Crippen LogP contribution in [0, 0.1) is 6.92 Å². The second kappa shape index (κ2) is 12.6. The first-order valence-corrected chi connectivity index (χ1v) is 12.3. The highest BCUT2D eigenvalue weighted by Crippen LogP contribution is 2.36. The molecule has 3 N–H and O–H groups in total. The van der Waals surface area contributed by atoms with E-state index in [1.807, 2.05) is 38.5 Å². The van der Waals surface area contributed by atoms with Gasteiger partial charge in [0.1, 0.15) is 0 Å². The molecule has 0 saturated carbocycles. The van der Waals surface area contributed by atoms with E-state index in [2.05, 4.69) is 32.3 Å². The van der Waals surface area contributed by atoms with E-state index >= 15 is 0 Å². The minimum atomic E-state index is -4.07. The number of hydrogen-bond donors (Lipinski definition) is 2. The van der Waals surface area contributed by atoms with Gasteiger partial charge in [0.05, 0.1) is 0 Å². The maximum absolute atomic E-state index is 12.1. The van der Waals surface area contributed by atoms with Gasteiger partial charge >= 0.3 is 0 Å². The molecule has 2 rings (SSSR count). The Kier molecular flexibility index (Phi) is 11.8. The number of nitrogens with one attached hydrogen (secondary N) is 1. The third-order valence-electron chi connectivity index (χ3n) is 4.72. The van der Waals surface area contributed by atoms with Crippen LogP contribution in [0.2, 0.25) is 0 Å². The first-order chi connectivity index (χ1) is 13.7. The first kappa shape index (κ1) is 27.1. The lowest BCUT2D eigenvalue weighted by Crippen LogP contribution is -2.35. The van der Waals surface area contributed by atoms with Crippen molar-refractivity contribution in [2.45, 2.75) is 87.1 Å². The van der Waals surface area contributed by atoms with E-state index in [-0.39, 0.29) is 5.56 Å². The van der Waals surface area contributed by atoms with Crippen molar-refractivity contribution in [3.63, 3.8) is 0 Å². The summed E-state index contributed by atoms with van der Waals surface area (Å²) in [6.07, 6.45) is 3.30. The largest absolute Gasteiger partial charge is 0.345 e. The average molecular weight is 426 g/mol. The molecular formula is C22H39N3O3S. The van der Waals surface area contributed by atoms with Gasteiger partial charge in [-0.05, 0) is 50.3 Å². The molecule has 166 valence electrons. The standard InChI is InChI=1S/C18H27N3O3S.2C2H6/c1-5-8-13(6-2)17-12(4)21(7-3)16-11-14(9-10-15(16)17)18(22)20-25(19,23)24;2*1-2/h9-11,13H,5-8H2,1-4H3,(H,20,22)(H2,19,23,24);2*1-2H3. The zero-order valence-electron chi connectivity index (χ0n) is 19.3. The molecule has 0 aliphatic rings. The lowest BCUT2D eigenvalue weighted by atomic mass is 9.90. The van der Waals surface area contributed by atoms with Gasteiger partial charge < -0.3 is 4.57 Å². The third kappa shape index (κ3) is 6.85.